The fourth-order valence-electron chi connectivity index (χ4n) is 8.70. The second-order valence-corrected chi connectivity index (χ2v) is 18.3. The highest BCUT2D eigenvalue weighted by Gasteiger charge is 2.36. The molecule has 0 atom stereocenters. The quantitative estimate of drug-likeness (QED) is 0.0177. The second-order valence-electron chi connectivity index (χ2n) is 18.3. The number of carbonyl (C=O) groups excluding carboxylic acids is 8. The van der Waals surface area contributed by atoms with Crippen LogP contribution in [-0.4, -0.2) is 60.3 Å². The van der Waals surface area contributed by atoms with Crippen LogP contribution in [0.2, 0.25) is 0 Å². The van der Waals surface area contributed by atoms with Gasteiger partial charge in [0.1, 0.15) is 0 Å². The molecular weight excluding hydrogens is 1060 g/mol. The zero-order valence-electron chi connectivity index (χ0n) is 45.4. The van der Waals surface area contributed by atoms with Crippen molar-refractivity contribution in [1.29, 1.82) is 0 Å². The highest BCUT2D eigenvalue weighted by Crippen LogP contribution is 2.23. The SMILES string of the molecule is CCOC(=O)[C-](C(=O)Nc1ccccc1)[n+]1ccc(-c2cc[n+]([C-](C(=O)Nc3ccccc3)C(=O)c3cccc(C(=O)[C-](C(=O)Nc4ccccc4)[n+]4ccc(-c5cc[n+]([C-](C(=O)Nc6ccccc6)C(=O)OCC)cc5)cc4)c3)cc2)cc1. The van der Waals surface area contributed by atoms with Crippen molar-refractivity contribution >= 4 is 69.9 Å². The van der Waals surface area contributed by atoms with Crippen LogP contribution in [0.3, 0.4) is 0 Å². The molecule has 418 valence electrons. The maximum absolute atomic E-state index is 14.9. The minimum absolute atomic E-state index is 0.0430. The van der Waals surface area contributed by atoms with Crippen molar-refractivity contribution in [3.8, 4) is 22.3 Å². The van der Waals surface area contributed by atoms with Crippen molar-refractivity contribution in [2.75, 3.05) is 34.5 Å². The molecule has 18 nitrogen and oxygen atoms in total. The number of esters is 2. The molecule has 18 heteroatoms. The van der Waals surface area contributed by atoms with E-state index in [1.807, 2.05) is 0 Å². The predicted octanol–water partition coefficient (Wildman–Crippen LogP) is 7.14. The van der Waals surface area contributed by atoms with Crippen molar-refractivity contribution in [1.82, 2.24) is 0 Å². The lowest BCUT2D eigenvalue weighted by atomic mass is 9.96. The van der Waals surface area contributed by atoms with Crippen molar-refractivity contribution in [2.24, 2.45) is 0 Å². The van der Waals surface area contributed by atoms with E-state index < -0.39 is 47.1 Å². The number of Topliss-reactive ketones (excluding diaryl/α,β-unsaturated/α-hetero) is 2. The number of carbonyl (C=O) groups is 8. The van der Waals surface area contributed by atoms with Crippen LogP contribution in [0.15, 0.2) is 244 Å². The first kappa shape index (κ1) is 57.0. The maximum Gasteiger partial charge on any atom is 0.351 e. The summed E-state index contributed by atoms with van der Waals surface area (Å²) in [4.78, 5) is 111. The Labute approximate surface area is 483 Å². The lowest BCUT2D eigenvalue weighted by Crippen LogP contribution is -2.51. The van der Waals surface area contributed by atoms with Gasteiger partial charge in [-0.3, -0.25) is 37.9 Å². The molecular formula is C66H54N8O10. The van der Waals surface area contributed by atoms with Gasteiger partial charge in [-0.2, -0.15) is 0 Å². The molecule has 9 aromatic rings. The number of ether oxygens (including phenoxy) is 2. The van der Waals surface area contributed by atoms with Crippen LogP contribution in [0.5, 0.6) is 0 Å². The molecule has 9 rings (SSSR count). The molecule has 4 aromatic heterocycles. The summed E-state index contributed by atoms with van der Waals surface area (Å²) in [6.07, 6.45) is 12.3. The molecule has 0 fully saturated rings. The Bertz CT molecular complexity index is 3550. The highest BCUT2D eigenvalue weighted by atomic mass is 16.5. The first-order chi connectivity index (χ1) is 40.9. The number of benzene rings is 5. The van der Waals surface area contributed by atoms with Crippen LogP contribution in [0.25, 0.3) is 22.3 Å². The minimum Gasteiger partial charge on any atom is -0.467 e. The third kappa shape index (κ3) is 13.8. The number of anilines is 4. The summed E-state index contributed by atoms with van der Waals surface area (Å²) in [6, 6.07) is 52.5. The molecule has 0 aliphatic rings. The molecule has 0 unspecified atom stereocenters. The number of para-hydroxylation sites is 4. The molecule has 84 heavy (non-hydrogen) atoms. The van der Waals surface area contributed by atoms with E-state index in [1.54, 1.807) is 208 Å². The first-order valence-electron chi connectivity index (χ1n) is 26.4. The normalized spacial score (nSPS) is 10.5. The van der Waals surface area contributed by atoms with Crippen LogP contribution in [0.1, 0.15) is 34.6 Å². The van der Waals surface area contributed by atoms with E-state index in [0.29, 0.717) is 45.0 Å². The number of hydrogen-bond donors (Lipinski definition) is 4. The van der Waals surface area contributed by atoms with Gasteiger partial charge in [-0.05, 0) is 133 Å². The van der Waals surface area contributed by atoms with Gasteiger partial charge in [0, 0.05) is 22.7 Å². The number of aromatic nitrogens is 4. The fourth-order valence-corrected chi connectivity index (χ4v) is 8.70. The molecule has 0 bridgehead atoms. The Balaban J connectivity index is 0.980. The van der Waals surface area contributed by atoms with Gasteiger partial charge in [0.25, 0.3) is 35.7 Å². The van der Waals surface area contributed by atoms with Gasteiger partial charge in [0.15, 0.2) is 11.6 Å². The predicted molar refractivity (Wildman–Crippen MR) is 308 cm³/mol. The standard InChI is InChI=1S/C66H54N8O10/c1-3-83-65(81)57(63(79)69-53-24-13-7-14-25-53)73-40-32-47(33-41-73)45-28-36-71(37-29-45)55(61(77)67-51-20-9-5-10-21-51)59(75)49-18-17-19-50(44-49)60(76)56(62(78)68-52-22-11-6-12-23-52)72-38-30-46(31-39-72)48-34-42-74(43-35-48)58(66(82)84-4-2)64(80)70-54-26-15-8-16-27-54/h5-44H,3-4H2,1-2H3,(H,67,77)(H,68,78)(H,69,79)(H,70,80). The molecule has 0 saturated carbocycles. The summed E-state index contributed by atoms with van der Waals surface area (Å²) in [7, 11) is 0. The fraction of sp³-hybridized carbons (Fsp3) is 0.0606. The Hall–Kier alpha value is -11.7. The summed E-state index contributed by atoms with van der Waals surface area (Å²) in [5.74, 6) is -6.04. The number of ketones is 2. The molecule has 0 radical (unpaired) electrons. The van der Waals surface area contributed by atoms with Crippen LogP contribution < -0.4 is 39.5 Å². The van der Waals surface area contributed by atoms with E-state index in [4.69, 9.17) is 9.47 Å². The van der Waals surface area contributed by atoms with Gasteiger partial charge in [-0.15, -0.1) is 6.07 Å². The van der Waals surface area contributed by atoms with Crippen molar-refractivity contribution < 1.29 is 66.1 Å². The largest absolute Gasteiger partial charge is 0.467 e. The van der Waals surface area contributed by atoms with Gasteiger partial charge in [-0.25, -0.2) is 0 Å². The molecule has 4 amide bonds. The summed E-state index contributed by atoms with van der Waals surface area (Å²) in [5, 5.41) is 11.1. The third-order valence-electron chi connectivity index (χ3n) is 12.8. The molecule has 0 saturated heterocycles. The Morgan fingerprint density at radius 2 is 0.560 bits per heavy atom. The van der Waals surface area contributed by atoms with Gasteiger partial charge in [0.05, 0.1) is 62.8 Å². The van der Waals surface area contributed by atoms with Crippen molar-refractivity contribution in [2.45, 2.75) is 13.8 Å². The van der Waals surface area contributed by atoms with E-state index in [-0.39, 0.29) is 48.5 Å². The highest BCUT2D eigenvalue weighted by molar-refractivity contribution is 6.26. The van der Waals surface area contributed by atoms with Gasteiger partial charge in [-0.1, -0.05) is 102 Å². The second kappa shape index (κ2) is 27.0. The van der Waals surface area contributed by atoms with Gasteiger partial charge < -0.3 is 49.5 Å². The van der Waals surface area contributed by atoms with E-state index in [0.717, 1.165) is 0 Å². The Morgan fingerprint density at radius 1 is 0.321 bits per heavy atom. The Morgan fingerprint density at radius 3 is 0.810 bits per heavy atom. The average Bonchev–Trinajstić information content (AvgIpc) is 2.99. The smallest absolute Gasteiger partial charge is 0.351 e. The molecule has 4 heterocycles. The van der Waals surface area contributed by atoms with E-state index in [9.17, 15) is 38.4 Å². The van der Waals surface area contributed by atoms with Crippen LogP contribution in [0, 0.1) is 24.2 Å². The van der Waals surface area contributed by atoms with E-state index in [1.165, 1.54) is 67.3 Å². The summed E-state index contributed by atoms with van der Waals surface area (Å²) >= 11 is 0. The zero-order valence-corrected chi connectivity index (χ0v) is 45.4. The molecule has 0 aliphatic carbocycles. The molecule has 0 spiro atoms. The van der Waals surface area contributed by atoms with E-state index >= 15 is 0 Å². The number of pyridine rings is 4. The number of rotatable bonds is 22. The Kier molecular flexibility index (Phi) is 18.3. The van der Waals surface area contributed by atoms with Crippen molar-refractivity contribution in [3.63, 3.8) is 0 Å². The summed E-state index contributed by atoms with van der Waals surface area (Å²) < 4.78 is 15.9. The summed E-state index contributed by atoms with van der Waals surface area (Å²) in [6.45, 7) is 3.37. The number of nitrogens with one attached hydrogen (secondary N) is 4. The molecule has 5 aromatic carbocycles. The minimum atomic E-state index is -0.824. The first-order valence-corrected chi connectivity index (χ1v) is 26.4. The monoisotopic (exact) mass is 1120 g/mol. The van der Waals surface area contributed by atoms with Gasteiger partial charge in [0.2, 0.25) is 12.1 Å². The lowest BCUT2D eigenvalue weighted by Gasteiger charge is -2.20. The lowest BCUT2D eigenvalue weighted by molar-refractivity contribution is -0.642. The maximum atomic E-state index is 14.9. The summed E-state index contributed by atoms with van der Waals surface area (Å²) in [5.41, 5.74) is 4.33. The zero-order chi connectivity index (χ0) is 59.0. The topological polar surface area (TPSA) is 219 Å². The average molecular weight is 1120 g/mol. The number of nitrogens with zero attached hydrogens (tertiary/aromatic N) is 4. The third-order valence-corrected chi connectivity index (χ3v) is 12.8. The number of hydrogen-bond acceptors (Lipinski definition) is 10. The molecule has 4 N–H and O–H groups in total. The number of amides is 4. The molecule has 0 aliphatic heterocycles. The van der Waals surface area contributed by atoms with Crippen molar-refractivity contribution in [3.05, 3.63) is 279 Å². The van der Waals surface area contributed by atoms with Gasteiger partial charge >= 0.3 is 11.9 Å². The van der Waals surface area contributed by atoms with E-state index in [2.05, 4.69) is 21.3 Å². The van der Waals surface area contributed by atoms with Crippen LogP contribution >= 0.6 is 0 Å². The van der Waals surface area contributed by atoms with Crippen LogP contribution in [-0.2, 0) is 38.2 Å². The van der Waals surface area contributed by atoms with Crippen LogP contribution in [0.4, 0.5) is 22.7 Å².